The van der Waals surface area contributed by atoms with Crippen LogP contribution in [0, 0.1) is 56.2 Å². The van der Waals surface area contributed by atoms with Crippen LogP contribution in [0.2, 0.25) is 0 Å². The lowest BCUT2D eigenvalue weighted by Gasteiger charge is -2.70. The van der Waals surface area contributed by atoms with Crippen LogP contribution >= 0.6 is 0 Å². The third-order valence-corrected chi connectivity index (χ3v) is 16.6. The minimum atomic E-state index is -0.612. The molecule has 0 bridgehead atoms. The number of rotatable bonds is 11. The average Bonchev–Trinajstić information content (AvgIpc) is 3.18. The molecule has 7 rings (SSSR count). The number of nitrogens with one attached hydrogen (secondary N) is 1. The van der Waals surface area contributed by atoms with Crippen molar-refractivity contribution in [2.75, 3.05) is 19.8 Å². The maximum Gasteiger partial charge on any atom is 0.325 e. The molecule has 4 saturated carbocycles. The highest BCUT2D eigenvalue weighted by Gasteiger charge is 2.70. The van der Waals surface area contributed by atoms with Gasteiger partial charge in [-0.3, -0.25) is 19.2 Å². The monoisotopic (exact) mass is 779 g/mol. The van der Waals surface area contributed by atoms with Crippen LogP contribution in [-0.2, 0) is 46.6 Å². The van der Waals surface area contributed by atoms with Gasteiger partial charge < -0.3 is 19.5 Å². The molecule has 2 aromatic rings. The molecule has 0 heterocycles. The van der Waals surface area contributed by atoms with Gasteiger partial charge in [-0.05, 0) is 121 Å². The number of ether oxygens (including phenoxy) is 3. The van der Waals surface area contributed by atoms with E-state index < -0.39 is 11.4 Å². The summed E-state index contributed by atoms with van der Waals surface area (Å²) in [5.41, 5.74) is 1.64. The molecule has 308 valence electrons. The summed E-state index contributed by atoms with van der Waals surface area (Å²) in [6, 6.07) is 19.7. The molecular formula is C49H65NO7. The molecule has 0 radical (unpaired) electrons. The third-order valence-electron chi connectivity index (χ3n) is 16.6. The quantitative estimate of drug-likeness (QED) is 0.179. The number of carbonyl (C=O) groups is 4. The highest BCUT2D eigenvalue weighted by atomic mass is 16.6. The maximum absolute atomic E-state index is 14.9. The lowest BCUT2D eigenvalue weighted by molar-refractivity contribution is -0.195. The number of hydrogen-bond acceptors (Lipinski definition) is 7. The number of carbonyl (C=O) groups excluding carboxylic acids is 4. The Morgan fingerprint density at radius 2 is 1.39 bits per heavy atom. The molecule has 2 aromatic carbocycles. The Labute approximate surface area is 340 Å². The number of benzene rings is 2. The van der Waals surface area contributed by atoms with Crippen molar-refractivity contribution >= 4 is 23.6 Å². The first-order valence-corrected chi connectivity index (χ1v) is 21.5. The van der Waals surface area contributed by atoms with Crippen LogP contribution in [0.1, 0.15) is 117 Å². The summed E-state index contributed by atoms with van der Waals surface area (Å²) < 4.78 is 16.9. The summed E-state index contributed by atoms with van der Waals surface area (Å²) >= 11 is 0. The molecule has 0 spiro atoms. The zero-order valence-corrected chi connectivity index (χ0v) is 35.4. The highest BCUT2D eigenvalue weighted by Crippen LogP contribution is 2.75. The Bertz CT molecular complexity index is 1870. The summed E-state index contributed by atoms with van der Waals surface area (Å²) in [4.78, 5) is 55.1. The second kappa shape index (κ2) is 15.4. The fourth-order valence-electron chi connectivity index (χ4n) is 13.1. The standard InChI is InChI=1S/C49H65NO7/c1-44(2)35(42(53)50-30-40(52)56-27-26-55-31-33-14-10-8-11-15-33)18-20-47(5)39(44)19-21-49(7)41(47)38(51)28-36-37-29-46(4,23-22-45(37,3)24-25-48(36,49)6)43(54)57-32-34-16-12-9-13-17-34/h8-17,28,35,37,39,41H,18-27,29-32H2,1-7H3,(H,50,53)/t35-,37+,39+,41-,45-,46+,47+,48-,49-/m1/s1. The topological polar surface area (TPSA) is 108 Å². The van der Waals surface area contributed by atoms with Gasteiger partial charge in [0.05, 0.1) is 18.6 Å². The van der Waals surface area contributed by atoms with E-state index in [0.717, 1.165) is 56.1 Å². The number of fused-ring (bicyclic) bond motifs is 7. The van der Waals surface area contributed by atoms with Gasteiger partial charge in [0, 0.05) is 11.8 Å². The van der Waals surface area contributed by atoms with Gasteiger partial charge in [0.2, 0.25) is 5.91 Å². The van der Waals surface area contributed by atoms with Gasteiger partial charge in [-0.15, -0.1) is 0 Å². The lowest BCUT2D eigenvalue weighted by atomic mass is 9.33. The Kier molecular flexibility index (Phi) is 11.2. The normalized spacial score (nSPS) is 36.6. The van der Waals surface area contributed by atoms with E-state index in [4.69, 9.17) is 14.2 Å². The van der Waals surface area contributed by atoms with E-state index in [9.17, 15) is 19.2 Å². The Morgan fingerprint density at radius 1 is 0.737 bits per heavy atom. The minimum absolute atomic E-state index is 0.0329. The van der Waals surface area contributed by atoms with Gasteiger partial charge in [0.1, 0.15) is 19.8 Å². The predicted octanol–water partition coefficient (Wildman–Crippen LogP) is 9.20. The summed E-state index contributed by atoms with van der Waals surface area (Å²) in [5, 5.41) is 2.90. The van der Waals surface area contributed by atoms with Crippen LogP contribution in [0.5, 0.6) is 0 Å². The molecule has 8 heteroatoms. The first kappa shape index (κ1) is 41.4. The zero-order chi connectivity index (χ0) is 40.9. The van der Waals surface area contributed by atoms with Crippen LogP contribution in [-0.4, -0.2) is 43.4 Å². The minimum Gasteiger partial charge on any atom is -0.462 e. The molecule has 8 nitrogen and oxygen atoms in total. The van der Waals surface area contributed by atoms with Crippen LogP contribution in [0.15, 0.2) is 72.3 Å². The summed E-state index contributed by atoms with van der Waals surface area (Å²) in [6.07, 6.45) is 9.88. The molecule has 0 unspecified atom stereocenters. The number of ketones is 1. The van der Waals surface area contributed by atoms with Crippen LogP contribution in [0.4, 0.5) is 0 Å². The fraction of sp³-hybridized carbons (Fsp3) is 0.633. The van der Waals surface area contributed by atoms with Crippen molar-refractivity contribution in [3.63, 3.8) is 0 Å². The predicted molar refractivity (Wildman–Crippen MR) is 219 cm³/mol. The smallest absolute Gasteiger partial charge is 0.325 e. The third kappa shape index (κ3) is 7.31. The molecule has 0 saturated heterocycles. The number of amides is 1. The van der Waals surface area contributed by atoms with Gasteiger partial charge in [-0.1, -0.05) is 108 Å². The number of esters is 2. The van der Waals surface area contributed by atoms with Gasteiger partial charge in [0.15, 0.2) is 5.78 Å². The SMILES string of the molecule is CC1(C)[C@@H](C(=O)NCC(=O)OCCOCc2ccccc2)CC[C@]2(C)[C@H]3C(=O)C=C4[C@@H]5C[C@@](C)(C(=O)OCc6ccccc6)CC[C@]5(C)CC[C@@]4(C)[C@]3(C)CC[C@@H]12. The van der Waals surface area contributed by atoms with Crippen molar-refractivity contribution in [2.24, 2.45) is 56.2 Å². The van der Waals surface area contributed by atoms with Crippen molar-refractivity contribution in [3.05, 3.63) is 83.4 Å². The molecule has 5 aliphatic rings. The molecule has 5 aliphatic carbocycles. The van der Waals surface area contributed by atoms with Crippen molar-refractivity contribution in [3.8, 4) is 0 Å². The number of allylic oxidation sites excluding steroid dienone is 2. The molecular weight excluding hydrogens is 715 g/mol. The van der Waals surface area contributed by atoms with Crippen LogP contribution < -0.4 is 5.32 Å². The van der Waals surface area contributed by atoms with E-state index >= 15 is 0 Å². The Hall–Kier alpha value is -3.78. The van der Waals surface area contributed by atoms with Crippen molar-refractivity contribution in [2.45, 2.75) is 119 Å². The molecule has 1 N–H and O–H groups in total. The first-order chi connectivity index (χ1) is 27.0. The second-order valence-corrected chi connectivity index (χ2v) is 20.2. The van der Waals surface area contributed by atoms with E-state index in [0.29, 0.717) is 19.4 Å². The van der Waals surface area contributed by atoms with E-state index in [1.54, 1.807) is 0 Å². The highest BCUT2D eigenvalue weighted by molar-refractivity contribution is 5.96. The Balaban J connectivity index is 1.02. The molecule has 9 atom stereocenters. The van der Waals surface area contributed by atoms with E-state index in [1.165, 1.54) is 5.57 Å². The largest absolute Gasteiger partial charge is 0.462 e. The average molecular weight is 780 g/mol. The molecule has 1 amide bonds. The van der Waals surface area contributed by atoms with Gasteiger partial charge >= 0.3 is 11.9 Å². The zero-order valence-electron chi connectivity index (χ0n) is 35.4. The second-order valence-electron chi connectivity index (χ2n) is 20.2. The maximum atomic E-state index is 14.9. The summed E-state index contributed by atoms with van der Waals surface area (Å²) in [6.45, 7) is 17.0. The molecule has 4 fully saturated rings. The number of hydrogen-bond donors (Lipinski definition) is 1. The molecule has 0 aromatic heterocycles. The fourth-order valence-corrected chi connectivity index (χ4v) is 13.1. The van der Waals surface area contributed by atoms with Gasteiger partial charge in [-0.25, -0.2) is 0 Å². The van der Waals surface area contributed by atoms with Crippen LogP contribution in [0.25, 0.3) is 0 Å². The molecule has 57 heavy (non-hydrogen) atoms. The van der Waals surface area contributed by atoms with E-state index in [2.05, 4.69) is 53.8 Å². The van der Waals surface area contributed by atoms with Crippen LogP contribution in [0.3, 0.4) is 0 Å². The van der Waals surface area contributed by atoms with Crippen molar-refractivity contribution in [1.82, 2.24) is 5.32 Å². The van der Waals surface area contributed by atoms with Gasteiger partial charge in [-0.2, -0.15) is 0 Å². The summed E-state index contributed by atoms with van der Waals surface area (Å²) in [5.74, 6) is -0.640. The van der Waals surface area contributed by atoms with E-state index in [1.807, 2.05) is 66.7 Å². The lowest BCUT2D eigenvalue weighted by Crippen LogP contribution is -2.66. The first-order valence-electron chi connectivity index (χ1n) is 21.5. The summed E-state index contributed by atoms with van der Waals surface area (Å²) in [7, 11) is 0. The van der Waals surface area contributed by atoms with E-state index in [-0.39, 0.29) is 94.8 Å². The van der Waals surface area contributed by atoms with Crippen molar-refractivity contribution < 1.29 is 33.4 Å². The Morgan fingerprint density at radius 3 is 2.07 bits per heavy atom. The molecule has 0 aliphatic heterocycles. The van der Waals surface area contributed by atoms with Gasteiger partial charge in [0.25, 0.3) is 0 Å². The van der Waals surface area contributed by atoms with Crippen molar-refractivity contribution in [1.29, 1.82) is 0 Å².